The standard InChI is InChI=1S/C12H19N3O2/c1-8-6-10(4-5-11(8)14-13)12(17)15(3)7-9(2)16/h4-6,9,14,16H,7,13H2,1-3H3. The van der Waals surface area contributed by atoms with E-state index in [1.165, 1.54) is 4.90 Å². The molecule has 0 saturated heterocycles. The highest BCUT2D eigenvalue weighted by atomic mass is 16.3. The van der Waals surface area contributed by atoms with Crippen LogP contribution in [0.25, 0.3) is 0 Å². The number of hydrazine groups is 1. The van der Waals surface area contributed by atoms with Gasteiger partial charge in [-0.25, -0.2) is 0 Å². The molecule has 1 atom stereocenters. The van der Waals surface area contributed by atoms with E-state index in [0.29, 0.717) is 12.1 Å². The molecule has 4 N–H and O–H groups in total. The highest BCUT2D eigenvalue weighted by Gasteiger charge is 2.13. The van der Waals surface area contributed by atoms with Crippen molar-refractivity contribution in [1.82, 2.24) is 4.90 Å². The van der Waals surface area contributed by atoms with E-state index < -0.39 is 6.10 Å². The number of hydrogen-bond donors (Lipinski definition) is 3. The van der Waals surface area contributed by atoms with Crippen LogP contribution in [-0.4, -0.2) is 35.6 Å². The Hall–Kier alpha value is -1.59. The normalized spacial score (nSPS) is 12.1. The Bertz CT molecular complexity index is 405. The molecule has 0 radical (unpaired) electrons. The Morgan fingerprint density at radius 2 is 2.24 bits per heavy atom. The lowest BCUT2D eigenvalue weighted by Crippen LogP contribution is -2.33. The summed E-state index contributed by atoms with van der Waals surface area (Å²) in [5.41, 5.74) is 4.84. The minimum Gasteiger partial charge on any atom is -0.392 e. The third kappa shape index (κ3) is 3.44. The van der Waals surface area contributed by atoms with Crippen LogP contribution >= 0.6 is 0 Å². The lowest BCUT2D eigenvalue weighted by Gasteiger charge is -2.19. The Balaban J connectivity index is 2.86. The van der Waals surface area contributed by atoms with Gasteiger partial charge in [-0.05, 0) is 37.6 Å². The fourth-order valence-electron chi connectivity index (χ4n) is 1.66. The molecular weight excluding hydrogens is 218 g/mol. The molecule has 0 fully saturated rings. The van der Waals surface area contributed by atoms with Gasteiger partial charge in [0.25, 0.3) is 5.91 Å². The van der Waals surface area contributed by atoms with Gasteiger partial charge < -0.3 is 15.4 Å². The zero-order valence-corrected chi connectivity index (χ0v) is 10.4. The minimum absolute atomic E-state index is 0.113. The highest BCUT2D eigenvalue weighted by Crippen LogP contribution is 2.16. The van der Waals surface area contributed by atoms with Gasteiger partial charge in [0.2, 0.25) is 0 Å². The Morgan fingerprint density at radius 3 is 2.71 bits per heavy atom. The highest BCUT2D eigenvalue weighted by molar-refractivity contribution is 5.94. The van der Waals surface area contributed by atoms with Crippen molar-refractivity contribution in [3.8, 4) is 0 Å². The number of hydrogen-bond acceptors (Lipinski definition) is 4. The quantitative estimate of drug-likeness (QED) is 0.533. The predicted octanol–water partition coefficient (Wildman–Crippen LogP) is 0.733. The topological polar surface area (TPSA) is 78.6 Å². The summed E-state index contributed by atoms with van der Waals surface area (Å²) in [7, 11) is 1.67. The molecule has 0 spiro atoms. The number of carbonyl (C=O) groups excluding carboxylic acids is 1. The van der Waals surface area contributed by atoms with Crippen LogP contribution in [0.1, 0.15) is 22.8 Å². The van der Waals surface area contributed by atoms with Crippen molar-refractivity contribution in [2.75, 3.05) is 19.0 Å². The molecule has 1 aromatic rings. The number of nitrogens with zero attached hydrogens (tertiary/aromatic N) is 1. The Kier molecular flexibility index (Phi) is 4.48. The average Bonchev–Trinajstić information content (AvgIpc) is 2.27. The van der Waals surface area contributed by atoms with Gasteiger partial charge in [0.05, 0.1) is 11.8 Å². The molecule has 5 heteroatoms. The van der Waals surface area contributed by atoms with E-state index in [9.17, 15) is 9.90 Å². The zero-order valence-electron chi connectivity index (χ0n) is 10.4. The Morgan fingerprint density at radius 1 is 1.59 bits per heavy atom. The molecule has 1 unspecified atom stereocenters. The minimum atomic E-state index is -0.532. The first kappa shape index (κ1) is 13.5. The van der Waals surface area contributed by atoms with Gasteiger partial charge in [-0.2, -0.15) is 0 Å². The van der Waals surface area contributed by atoms with Crippen LogP contribution in [0.2, 0.25) is 0 Å². The first-order valence-electron chi connectivity index (χ1n) is 5.46. The van der Waals surface area contributed by atoms with E-state index in [0.717, 1.165) is 11.3 Å². The van der Waals surface area contributed by atoms with Crippen LogP contribution in [0.15, 0.2) is 18.2 Å². The van der Waals surface area contributed by atoms with Crippen LogP contribution in [0.4, 0.5) is 5.69 Å². The van der Waals surface area contributed by atoms with Crippen molar-refractivity contribution in [2.45, 2.75) is 20.0 Å². The van der Waals surface area contributed by atoms with Gasteiger partial charge >= 0.3 is 0 Å². The van der Waals surface area contributed by atoms with Gasteiger partial charge in [0.15, 0.2) is 0 Å². The molecular formula is C12H19N3O2. The molecule has 94 valence electrons. The summed E-state index contributed by atoms with van der Waals surface area (Å²) in [6, 6.07) is 5.25. The van der Waals surface area contributed by atoms with Crippen LogP contribution in [0.3, 0.4) is 0 Å². The number of rotatable bonds is 4. The fraction of sp³-hybridized carbons (Fsp3) is 0.417. The molecule has 1 aromatic carbocycles. The zero-order chi connectivity index (χ0) is 13.0. The van der Waals surface area contributed by atoms with Crippen LogP contribution in [-0.2, 0) is 0 Å². The number of benzene rings is 1. The molecule has 0 aliphatic rings. The fourth-order valence-corrected chi connectivity index (χ4v) is 1.66. The third-order valence-corrected chi connectivity index (χ3v) is 2.51. The lowest BCUT2D eigenvalue weighted by atomic mass is 10.1. The maximum Gasteiger partial charge on any atom is 0.253 e. The second kappa shape index (κ2) is 5.65. The number of nitrogens with one attached hydrogen (secondary N) is 1. The monoisotopic (exact) mass is 237 g/mol. The summed E-state index contributed by atoms with van der Waals surface area (Å²) >= 11 is 0. The largest absolute Gasteiger partial charge is 0.392 e. The van der Waals surface area contributed by atoms with Gasteiger partial charge in [-0.15, -0.1) is 0 Å². The number of aryl methyl sites for hydroxylation is 1. The molecule has 17 heavy (non-hydrogen) atoms. The number of nitrogens with two attached hydrogens (primary N) is 1. The second-order valence-corrected chi connectivity index (χ2v) is 4.21. The van der Waals surface area contributed by atoms with E-state index in [4.69, 9.17) is 5.84 Å². The number of amides is 1. The van der Waals surface area contributed by atoms with E-state index >= 15 is 0 Å². The van der Waals surface area contributed by atoms with Gasteiger partial charge in [0, 0.05) is 19.2 Å². The molecule has 1 amide bonds. The number of nitrogen functional groups attached to an aromatic ring is 1. The molecule has 1 rings (SSSR count). The molecule has 0 saturated carbocycles. The second-order valence-electron chi connectivity index (χ2n) is 4.21. The first-order valence-corrected chi connectivity index (χ1v) is 5.46. The van der Waals surface area contributed by atoms with Crippen molar-refractivity contribution in [3.05, 3.63) is 29.3 Å². The van der Waals surface area contributed by atoms with Crippen molar-refractivity contribution < 1.29 is 9.90 Å². The summed E-state index contributed by atoms with van der Waals surface area (Å²) in [4.78, 5) is 13.5. The SMILES string of the molecule is Cc1cc(C(=O)N(C)CC(C)O)ccc1NN. The van der Waals surface area contributed by atoms with E-state index in [1.807, 2.05) is 6.92 Å². The predicted molar refractivity (Wildman–Crippen MR) is 67.6 cm³/mol. The third-order valence-electron chi connectivity index (χ3n) is 2.51. The van der Waals surface area contributed by atoms with Crippen LogP contribution < -0.4 is 11.3 Å². The maximum atomic E-state index is 12.0. The van der Waals surface area contributed by atoms with Crippen molar-refractivity contribution in [3.63, 3.8) is 0 Å². The lowest BCUT2D eigenvalue weighted by molar-refractivity contribution is 0.0703. The smallest absolute Gasteiger partial charge is 0.253 e. The number of carbonyl (C=O) groups is 1. The van der Waals surface area contributed by atoms with Crippen LogP contribution in [0.5, 0.6) is 0 Å². The first-order chi connectivity index (χ1) is 7.95. The van der Waals surface area contributed by atoms with Crippen molar-refractivity contribution in [2.24, 2.45) is 5.84 Å². The molecule has 0 aromatic heterocycles. The summed E-state index contributed by atoms with van der Waals surface area (Å²) in [5.74, 6) is 5.21. The number of aliphatic hydroxyl groups is 1. The molecule has 0 aliphatic heterocycles. The summed E-state index contributed by atoms with van der Waals surface area (Å²) in [6.07, 6.45) is -0.532. The van der Waals surface area contributed by atoms with E-state index in [1.54, 1.807) is 32.2 Å². The number of anilines is 1. The van der Waals surface area contributed by atoms with Crippen LogP contribution in [0, 0.1) is 6.92 Å². The van der Waals surface area contributed by atoms with Crippen molar-refractivity contribution in [1.29, 1.82) is 0 Å². The molecule has 0 bridgehead atoms. The number of likely N-dealkylation sites (N-methyl/N-ethyl adjacent to an activating group) is 1. The van der Waals surface area contributed by atoms with Gasteiger partial charge in [0.1, 0.15) is 0 Å². The van der Waals surface area contributed by atoms with E-state index in [-0.39, 0.29) is 5.91 Å². The molecule has 0 aliphatic carbocycles. The summed E-state index contributed by atoms with van der Waals surface area (Å²) < 4.78 is 0. The average molecular weight is 237 g/mol. The molecule has 0 heterocycles. The number of aliphatic hydroxyl groups excluding tert-OH is 1. The van der Waals surface area contributed by atoms with Crippen molar-refractivity contribution >= 4 is 11.6 Å². The summed E-state index contributed by atoms with van der Waals surface area (Å²) in [5, 5.41) is 9.23. The van der Waals surface area contributed by atoms with Gasteiger partial charge in [-0.1, -0.05) is 0 Å². The maximum absolute atomic E-state index is 12.0. The van der Waals surface area contributed by atoms with E-state index in [2.05, 4.69) is 5.43 Å². The Labute approximate surface area is 101 Å². The summed E-state index contributed by atoms with van der Waals surface area (Å²) in [6.45, 7) is 3.84. The van der Waals surface area contributed by atoms with Gasteiger partial charge in [-0.3, -0.25) is 10.6 Å². The molecule has 5 nitrogen and oxygen atoms in total.